The Morgan fingerprint density at radius 1 is 1.38 bits per heavy atom. The van der Waals surface area contributed by atoms with E-state index < -0.39 is 5.56 Å². The SMILES string of the molecule is O=c1[nH]ncc(N2Cc3ccc(OCCO)cc3C2)c1Cl. The number of nitrogens with zero attached hydrogens (tertiary/aromatic N) is 2. The predicted molar refractivity (Wildman–Crippen MR) is 78.8 cm³/mol. The van der Waals surface area contributed by atoms with Gasteiger partial charge in [-0.3, -0.25) is 4.79 Å². The molecule has 6 nitrogen and oxygen atoms in total. The summed E-state index contributed by atoms with van der Waals surface area (Å²) >= 11 is 6.04. The monoisotopic (exact) mass is 307 g/mol. The van der Waals surface area contributed by atoms with Crippen LogP contribution in [-0.2, 0) is 13.1 Å². The Labute approximate surface area is 125 Å². The minimum absolute atomic E-state index is 0.0166. The number of aliphatic hydroxyl groups excluding tert-OH is 1. The van der Waals surface area contributed by atoms with E-state index in [-0.39, 0.29) is 18.2 Å². The summed E-state index contributed by atoms with van der Waals surface area (Å²) in [6.45, 7) is 1.56. The first kappa shape index (κ1) is 13.9. The number of halogens is 1. The smallest absolute Gasteiger partial charge is 0.285 e. The van der Waals surface area contributed by atoms with Gasteiger partial charge in [0.05, 0.1) is 18.5 Å². The lowest BCUT2D eigenvalue weighted by Crippen LogP contribution is -2.19. The highest BCUT2D eigenvalue weighted by atomic mass is 35.5. The molecule has 21 heavy (non-hydrogen) atoms. The van der Waals surface area contributed by atoms with Crippen molar-refractivity contribution in [3.05, 3.63) is 50.9 Å². The fourth-order valence-electron chi connectivity index (χ4n) is 2.39. The maximum absolute atomic E-state index is 11.5. The minimum Gasteiger partial charge on any atom is -0.491 e. The topological polar surface area (TPSA) is 78.5 Å². The number of H-pyrrole nitrogens is 1. The van der Waals surface area contributed by atoms with E-state index in [0.717, 1.165) is 16.9 Å². The number of benzene rings is 1. The van der Waals surface area contributed by atoms with Gasteiger partial charge in [-0.15, -0.1) is 0 Å². The normalized spacial score (nSPS) is 13.3. The van der Waals surface area contributed by atoms with E-state index in [2.05, 4.69) is 10.2 Å². The third-order valence-corrected chi connectivity index (χ3v) is 3.74. The predicted octanol–water partition coefficient (Wildman–Crippen LogP) is 1.31. The van der Waals surface area contributed by atoms with Crippen LogP contribution in [0.3, 0.4) is 0 Å². The van der Waals surface area contributed by atoms with Crippen LogP contribution < -0.4 is 15.2 Å². The third kappa shape index (κ3) is 2.72. The molecule has 0 unspecified atom stereocenters. The second-order valence-electron chi connectivity index (χ2n) is 4.76. The molecule has 7 heteroatoms. The number of nitrogens with one attached hydrogen (secondary N) is 1. The van der Waals surface area contributed by atoms with Gasteiger partial charge < -0.3 is 14.7 Å². The van der Waals surface area contributed by atoms with E-state index in [4.69, 9.17) is 21.4 Å². The Hall–Kier alpha value is -2.05. The zero-order valence-electron chi connectivity index (χ0n) is 11.2. The van der Waals surface area contributed by atoms with Crippen LogP contribution in [0.4, 0.5) is 5.69 Å². The third-order valence-electron chi connectivity index (χ3n) is 3.38. The number of hydrogen-bond donors (Lipinski definition) is 2. The molecule has 3 rings (SSSR count). The lowest BCUT2D eigenvalue weighted by molar-refractivity contribution is 0.201. The van der Waals surface area contributed by atoms with Crippen molar-refractivity contribution in [1.82, 2.24) is 10.2 Å². The summed E-state index contributed by atoms with van der Waals surface area (Å²) in [5, 5.41) is 15.0. The summed E-state index contributed by atoms with van der Waals surface area (Å²) in [6, 6.07) is 5.80. The molecule has 0 radical (unpaired) electrons. The lowest BCUT2D eigenvalue weighted by Gasteiger charge is -2.17. The summed E-state index contributed by atoms with van der Waals surface area (Å²) in [6.07, 6.45) is 1.55. The molecule has 0 spiro atoms. The van der Waals surface area contributed by atoms with Crippen molar-refractivity contribution in [3.63, 3.8) is 0 Å². The standard InChI is InChI=1S/C14H14ClN3O3/c15-13-12(6-16-17-14(13)20)18-7-9-1-2-11(21-4-3-19)5-10(9)8-18/h1-2,5-6,19H,3-4,7-8H2,(H,17,20). The zero-order chi connectivity index (χ0) is 14.8. The van der Waals surface area contributed by atoms with Crippen LogP contribution in [0.25, 0.3) is 0 Å². The molecule has 0 atom stereocenters. The van der Waals surface area contributed by atoms with Crippen LogP contribution in [0.5, 0.6) is 5.75 Å². The average molecular weight is 308 g/mol. The Kier molecular flexibility index (Phi) is 3.81. The van der Waals surface area contributed by atoms with Crippen LogP contribution in [0, 0.1) is 0 Å². The van der Waals surface area contributed by atoms with Gasteiger partial charge in [-0.05, 0) is 23.3 Å². The number of fused-ring (bicyclic) bond motifs is 1. The highest BCUT2D eigenvalue weighted by molar-refractivity contribution is 6.33. The van der Waals surface area contributed by atoms with Crippen LogP contribution in [0.1, 0.15) is 11.1 Å². The van der Waals surface area contributed by atoms with Crippen molar-refractivity contribution < 1.29 is 9.84 Å². The number of anilines is 1. The van der Waals surface area contributed by atoms with Gasteiger partial charge >= 0.3 is 0 Å². The van der Waals surface area contributed by atoms with Crippen LogP contribution in [0.15, 0.2) is 29.2 Å². The molecular formula is C14H14ClN3O3. The first-order chi connectivity index (χ1) is 10.2. The number of rotatable bonds is 4. The maximum atomic E-state index is 11.5. The number of aliphatic hydroxyl groups is 1. The van der Waals surface area contributed by atoms with Gasteiger partial charge in [-0.25, -0.2) is 5.10 Å². The highest BCUT2D eigenvalue weighted by Gasteiger charge is 2.22. The van der Waals surface area contributed by atoms with Gasteiger partial charge in [0, 0.05) is 13.1 Å². The van der Waals surface area contributed by atoms with Gasteiger partial charge in [0.25, 0.3) is 5.56 Å². The first-order valence-corrected chi connectivity index (χ1v) is 6.90. The summed E-state index contributed by atoms with van der Waals surface area (Å²) in [5.74, 6) is 0.722. The Bertz CT molecular complexity index is 717. The molecule has 0 saturated carbocycles. The van der Waals surface area contributed by atoms with Crippen molar-refractivity contribution in [1.29, 1.82) is 0 Å². The number of ether oxygens (including phenoxy) is 1. The fraction of sp³-hybridized carbons (Fsp3) is 0.286. The van der Waals surface area contributed by atoms with Gasteiger partial charge in [-0.1, -0.05) is 17.7 Å². The molecule has 0 aliphatic carbocycles. The molecule has 2 N–H and O–H groups in total. The van der Waals surface area contributed by atoms with Gasteiger partial charge in [-0.2, -0.15) is 5.10 Å². The zero-order valence-corrected chi connectivity index (χ0v) is 11.9. The number of aromatic amines is 1. The van der Waals surface area contributed by atoms with E-state index in [1.165, 1.54) is 0 Å². The van der Waals surface area contributed by atoms with Crippen molar-refractivity contribution in [3.8, 4) is 5.75 Å². The quantitative estimate of drug-likeness (QED) is 0.890. The van der Waals surface area contributed by atoms with Gasteiger partial charge in [0.2, 0.25) is 0 Å². The lowest BCUT2D eigenvalue weighted by atomic mass is 10.1. The van der Waals surface area contributed by atoms with Gasteiger partial charge in [0.1, 0.15) is 17.4 Å². The molecule has 0 amide bonds. The van der Waals surface area contributed by atoms with Crippen molar-refractivity contribution in [2.24, 2.45) is 0 Å². The molecule has 0 fully saturated rings. The van der Waals surface area contributed by atoms with Crippen LogP contribution in [0.2, 0.25) is 5.02 Å². The van der Waals surface area contributed by atoms with E-state index in [1.807, 2.05) is 23.1 Å². The Balaban J connectivity index is 1.84. The first-order valence-electron chi connectivity index (χ1n) is 6.52. The van der Waals surface area contributed by atoms with E-state index in [9.17, 15) is 4.79 Å². The maximum Gasteiger partial charge on any atom is 0.285 e. The molecular weight excluding hydrogens is 294 g/mol. The average Bonchev–Trinajstić information content (AvgIpc) is 2.90. The largest absolute Gasteiger partial charge is 0.491 e. The molecule has 110 valence electrons. The molecule has 1 aromatic carbocycles. The number of aromatic nitrogens is 2. The van der Waals surface area contributed by atoms with Crippen molar-refractivity contribution in [2.75, 3.05) is 18.1 Å². The minimum atomic E-state index is -0.392. The van der Waals surface area contributed by atoms with E-state index >= 15 is 0 Å². The van der Waals surface area contributed by atoms with E-state index in [0.29, 0.717) is 18.8 Å². The van der Waals surface area contributed by atoms with Crippen molar-refractivity contribution >= 4 is 17.3 Å². The second kappa shape index (κ2) is 5.75. The Morgan fingerprint density at radius 2 is 2.19 bits per heavy atom. The number of hydrogen-bond acceptors (Lipinski definition) is 5. The molecule has 2 heterocycles. The molecule has 0 saturated heterocycles. The fourth-order valence-corrected chi connectivity index (χ4v) is 2.60. The Morgan fingerprint density at radius 3 is 3.00 bits per heavy atom. The summed E-state index contributed by atoms with van der Waals surface area (Å²) in [5.41, 5.74) is 2.50. The summed E-state index contributed by atoms with van der Waals surface area (Å²) in [7, 11) is 0. The summed E-state index contributed by atoms with van der Waals surface area (Å²) < 4.78 is 5.40. The highest BCUT2D eigenvalue weighted by Crippen LogP contribution is 2.32. The van der Waals surface area contributed by atoms with Crippen LogP contribution >= 0.6 is 11.6 Å². The van der Waals surface area contributed by atoms with Gasteiger partial charge in [0.15, 0.2) is 0 Å². The van der Waals surface area contributed by atoms with Crippen LogP contribution in [-0.4, -0.2) is 28.5 Å². The molecule has 1 aliphatic heterocycles. The van der Waals surface area contributed by atoms with Crippen molar-refractivity contribution in [2.45, 2.75) is 13.1 Å². The molecule has 1 aliphatic rings. The summed E-state index contributed by atoms with van der Waals surface area (Å²) in [4.78, 5) is 13.5. The molecule has 1 aromatic heterocycles. The second-order valence-corrected chi connectivity index (χ2v) is 5.13. The van der Waals surface area contributed by atoms with E-state index in [1.54, 1.807) is 6.20 Å². The molecule has 2 aromatic rings. The molecule has 0 bridgehead atoms.